The fraction of sp³-hybridized carbons (Fsp3) is 0.556. The van der Waals surface area contributed by atoms with Gasteiger partial charge < -0.3 is 6.74 Å². The molecular weight excluding hydrogens is 145 g/mol. The van der Waals surface area contributed by atoms with Gasteiger partial charge in [-0.1, -0.05) is 12.2 Å². The molecule has 11 heavy (non-hydrogen) atoms. The molecule has 0 spiro atoms. The Morgan fingerprint density at radius 3 is 3.27 bits per heavy atom. The zero-order valence-corrected chi connectivity index (χ0v) is 9.14. The average Bonchev–Trinajstić information content (AvgIpc) is 2.05. The standard InChI is InChI=1S/C9H13N.Na.H/c1-2-6-9-8(4-1)5-3-7-10-9;;/h1-2,6,8,10H,3-5,7H2;;/q;+1;-1. The second-order valence-corrected chi connectivity index (χ2v) is 3.05. The summed E-state index contributed by atoms with van der Waals surface area (Å²) < 4.78 is 0. The van der Waals surface area contributed by atoms with Gasteiger partial charge in [-0.25, -0.2) is 0 Å². The van der Waals surface area contributed by atoms with E-state index in [-0.39, 0.29) is 31.0 Å². The van der Waals surface area contributed by atoms with Crippen LogP contribution >= 0.6 is 0 Å². The SMILES string of the molecule is C1=CCC2CCCNC2=C1.[H-].[Na+]. The van der Waals surface area contributed by atoms with Crippen molar-refractivity contribution in [2.45, 2.75) is 19.3 Å². The Hall–Kier alpha value is 0.280. The largest absolute Gasteiger partial charge is 1.00 e. The molecule has 1 N–H and O–H groups in total. The molecule has 0 saturated carbocycles. The van der Waals surface area contributed by atoms with Gasteiger partial charge in [0.25, 0.3) is 0 Å². The fourth-order valence-corrected chi connectivity index (χ4v) is 1.74. The zero-order chi connectivity index (χ0) is 6.81. The van der Waals surface area contributed by atoms with Crippen LogP contribution in [0.5, 0.6) is 0 Å². The molecule has 1 unspecified atom stereocenters. The van der Waals surface area contributed by atoms with Crippen LogP contribution < -0.4 is 34.9 Å². The molecule has 56 valence electrons. The Bertz CT molecular complexity index is 189. The van der Waals surface area contributed by atoms with Crippen LogP contribution in [0.2, 0.25) is 0 Å². The molecule has 2 heteroatoms. The zero-order valence-electron chi connectivity index (χ0n) is 8.14. The van der Waals surface area contributed by atoms with Gasteiger partial charge >= 0.3 is 29.6 Å². The van der Waals surface area contributed by atoms with Gasteiger partial charge in [-0.3, -0.25) is 0 Å². The second-order valence-electron chi connectivity index (χ2n) is 3.05. The number of hydrogen-bond donors (Lipinski definition) is 1. The average molecular weight is 159 g/mol. The van der Waals surface area contributed by atoms with Gasteiger partial charge in [-0.2, -0.15) is 0 Å². The third-order valence-electron chi connectivity index (χ3n) is 2.33. The molecule has 0 bridgehead atoms. The summed E-state index contributed by atoms with van der Waals surface area (Å²) in [4.78, 5) is 0. The van der Waals surface area contributed by atoms with Crippen LogP contribution in [0.25, 0.3) is 0 Å². The molecule has 1 atom stereocenters. The summed E-state index contributed by atoms with van der Waals surface area (Å²) in [5.74, 6) is 0.818. The predicted octanol–water partition coefficient (Wildman–Crippen LogP) is -1.05. The van der Waals surface area contributed by atoms with Gasteiger partial charge in [0, 0.05) is 18.2 Å². The minimum Gasteiger partial charge on any atom is -1.00 e. The van der Waals surface area contributed by atoms with Crippen LogP contribution in [-0.4, -0.2) is 6.54 Å². The minimum atomic E-state index is 0. The van der Waals surface area contributed by atoms with Gasteiger partial charge in [-0.05, 0) is 25.3 Å². The van der Waals surface area contributed by atoms with E-state index in [1.807, 2.05) is 0 Å². The molecule has 0 aromatic heterocycles. The van der Waals surface area contributed by atoms with Crippen LogP contribution in [0.4, 0.5) is 0 Å². The van der Waals surface area contributed by atoms with Crippen molar-refractivity contribution in [3.05, 3.63) is 23.9 Å². The Labute approximate surface area is 91.7 Å². The fourth-order valence-electron chi connectivity index (χ4n) is 1.74. The van der Waals surface area contributed by atoms with E-state index in [2.05, 4.69) is 23.5 Å². The van der Waals surface area contributed by atoms with E-state index >= 15 is 0 Å². The molecule has 1 nitrogen and oxygen atoms in total. The van der Waals surface area contributed by atoms with E-state index in [4.69, 9.17) is 0 Å². The van der Waals surface area contributed by atoms with Crippen LogP contribution in [0.3, 0.4) is 0 Å². The molecule has 1 fully saturated rings. The van der Waals surface area contributed by atoms with E-state index in [9.17, 15) is 0 Å². The monoisotopic (exact) mass is 159 g/mol. The van der Waals surface area contributed by atoms with Crippen molar-refractivity contribution in [2.75, 3.05) is 6.54 Å². The van der Waals surface area contributed by atoms with Gasteiger partial charge in [0.2, 0.25) is 0 Å². The molecule has 1 saturated heterocycles. The van der Waals surface area contributed by atoms with Crippen LogP contribution in [-0.2, 0) is 0 Å². The van der Waals surface area contributed by atoms with Crippen LogP contribution in [0, 0.1) is 5.92 Å². The quantitative estimate of drug-likeness (QED) is 0.445. The van der Waals surface area contributed by atoms with Gasteiger partial charge in [0.05, 0.1) is 0 Å². The first kappa shape index (κ1) is 9.37. The summed E-state index contributed by atoms with van der Waals surface area (Å²) in [6, 6.07) is 0. The molecule has 1 heterocycles. The molecule has 1 aliphatic carbocycles. The van der Waals surface area contributed by atoms with E-state index in [0.717, 1.165) is 5.92 Å². The number of hydrogen-bond acceptors (Lipinski definition) is 1. The van der Waals surface area contributed by atoms with Crippen molar-refractivity contribution in [2.24, 2.45) is 5.92 Å². The van der Waals surface area contributed by atoms with Crippen LogP contribution in [0.15, 0.2) is 23.9 Å². The molecule has 1 aliphatic heterocycles. The molecule has 2 rings (SSSR count). The summed E-state index contributed by atoms with van der Waals surface area (Å²) in [6.07, 6.45) is 10.6. The smallest absolute Gasteiger partial charge is 1.00 e. The number of piperidine rings is 1. The Kier molecular flexibility index (Phi) is 3.70. The van der Waals surface area contributed by atoms with Gasteiger partial charge in [0.1, 0.15) is 0 Å². The van der Waals surface area contributed by atoms with E-state index in [1.54, 1.807) is 0 Å². The molecule has 0 aromatic rings. The number of allylic oxidation sites excluding steroid dienone is 4. The molecule has 2 aliphatic rings. The maximum Gasteiger partial charge on any atom is 1.00 e. The third-order valence-corrected chi connectivity index (χ3v) is 2.33. The van der Waals surface area contributed by atoms with Crippen molar-refractivity contribution in [3.8, 4) is 0 Å². The summed E-state index contributed by atoms with van der Waals surface area (Å²) >= 11 is 0. The Morgan fingerprint density at radius 1 is 1.55 bits per heavy atom. The van der Waals surface area contributed by atoms with Crippen molar-refractivity contribution in [1.82, 2.24) is 5.32 Å². The van der Waals surface area contributed by atoms with E-state index in [0.29, 0.717) is 0 Å². The molecule has 0 amide bonds. The van der Waals surface area contributed by atoms with Crippen molar-refractivity contribution in [1.29, 1.82) is 0 Å². The number of fused-ring (bicyclic) bond motifs is 1. The minimum absolute atomic E-state index is 0. The normalized spacial score (nSPS) is 27.6. The summed E-state index contributed by atoms with van der Waals surface area (Å²) in [6.45, 7) is 1.18. The number of nitrogens with one attached hydrogen (secondary N) is 1. The van der Waals surface area contributed by atoms with Crippen LogP contribution in [0.1, 0.15) is 20.7 Å². The van der Waals surface area contributed by atoms with E-state index < -0.39 is 0 Å². The third kappa shape index (κ3) is 2.11. The summed E-state index contributed by atoms with van der Waals surface area (Å²) in [5.41, 5.74) is 1.47. The Balaban J connectivity index is 0.000000605. The van der Waals surface area contributed by atoms with Crippen molar-refractivity contribution >= 4 is 0 Å². The first-order valence-electron chi connectivity index (χ1n) is 4.07. The van der Waals surface area contributed by atoms with E-state index in [1.165, 1.54) is 31.5 Å². The first-order chi connectivity index (χ1) is 4.97. The maximum absolute atomic E-state index is 3.43. The molecule has 0 radical (unpaired) electrons. The van der Waals surface area contributed by atoms with Gasteiger partial charge in [0.15, 0.2) is 0 Å². The first-order valence-corrected chi connectivity index (χ1v) is 4.07. The maximum atomic E-state index is 3.43. The molecular formula is C9H14NNa. The summed E-state index contributed by atoms with van der Waals surface area (Å²) in [5, 5.41) is 3.43. The number of rotatable bonds is 0. The summed E-state index contributed by atoms with van der Waals surface area (Å²) in [7, 11) is 0. The Morgan fingerprint density at radius 2 is 2.45 bits per heavy atom. The second kappa shape index (κ2) is 4.34. The predicted molar refractivity (Wildman–Crippen MR) is 43.7 cm³/mol. The topological polar surface area (TPSA) is 12.0 Å². The molecule has 0 aromatic carbocycles. The van der Waals surface area contributed by atoms with Crippen molar-refractivity contribution in [3.63, 3.8) is 0 Å². The van der Waals surface area contributed by atoms with Gasteiger partial charge in [-0.15, -0.1) is 0 Å². The van der Waals surface area contributed by atoms with Crippen molar-refractivity contribution < 1.29 is 31.0 Å².